The van der Waals surface area contributed by atoms with E-state index in [1.54, 1.807) is 0 Å². The summed E-state index contributed by atoms with van der Waals surface area (Å²) in [5, 5.41) is 9.87. The fourth-order valence-corrected chi connectivity index (χ4v) is 2.10. The van der Waals surface area contributed by atoms with Crippen LogP contribution in [0.2, 0.25) is 0 Å². The zero-order valence-electron chi connectivity index (χ0n) is 9.42. The second-order valence-corrected chi connectivity index (χ2v) is 4.31. The average molecular weight is 206 g/mol. The van der Waals surface area contributed by atoms with Gasteiger partial charge in [-0.2, -0.15) is 0 Å². The molecule has 1 aromatic carbocycles. The highest BCUT2D eigenvalue weighted by molar-refractivity contribution is 5.48. The molecule has 0 bridgehead atoms. The van der Waals surface area contributed by atoms with Crippen LogP contribution in [0.5, 0.6) is 11.5 Å². The quantitative estimate of drug-likeness (QED) is 0.805. The second kappa shape index (κ2) is 4.13. The van der Waals surface area contributed by atoms with Crippen LogP contribution in [0.3, 0.4) is 0 Å². The van der Waals surface area contributed by atoms with Crippen LogP contribution in [0.1, 0.15) is 37.8 Å². The van der Waals surface area contributed by atoms with Crippen LogP contribution in [0, 0.1) is 0 Å². The lowest BCUT2D eigenvalue weighted by Gasteiger charge is -2.24. The molecule has 2 rings (SSSR count). The molecule has 1 aromatic rings. The Morgan fingerprint density at radius 2 is 2.27 bits per heavy atom. The lowest BCUT2D eigenvalue weighted by Crippen LogP contribution is -2.19. The number of aromatic hydroxyl groups is 1. The van der Waals surface area contributed by atoms with Gasteiger partial charge in [-0.3, -0.25) is 0 Å². The van der Waals surface area contributed by atoms with Gasteiger partial charge in [0.2, 0.25) is 0 Å². The van der Waals surface area contributed by atoms with Crippen molar-refractivity contribution < 1.29 is 9.84 Å². The number of phenols is 1. The number of ether oxygens (including phenoxy) is 1. The fraction of sp³-hybridized carbons (Fsp3) is 0.538. The van der Waals surface area contributed by atoms with E-state index in [9.17, 15) is 5.11 Å². The largest absolute Gasteiger partial charge is 0.508 e. The van der Waals surface area contributed by atoms with Crippen molar-refractivity contribution in [2.24, 2.45) is 0 Å². The topological polar surface area (TPSA) is 29.5 Å². The van der Waals surface area contributed by atoms with Crippen molar-refractivity contribution >= 4 is 0 Å². The van der Waals surface area contributed by atoms with Gasteiger partial charge in [0, 0.05) is 5.56 Å². The molecule has 0 fully saturated rings. The second-order valence-electron chi connectivity index (χ2n) is 4.31. The van der Waals surface area contributed by atoms with E-state index in [1.165, 1.54) is 5.56 Å². The number of aryl methyl sites for hydroxylation is 1. The molecule has 0 spiro atoms. The molecule has 1 heterocycles. The molecule has 0 saturated heterocycles. The third-order valence-corrected chi connectivity index (χ3v) is 2.91. The maximum absolute atomic E-state index is 9.87. The smallest absolute Gasteiger partial charge is 0.126 e. The summed E-state index contributed by atoms with van der Waals surface area (Å²) in [6, 6.07) is 3.95. The van der Waals surface area contributed by atoms with E-state index in [0.29, 0.717) is 5.75 Å². The van der Waals surface area contributed by atoms with Crippen molar-refractivity contribution in [3.05, 3.63) is 23.3 Å². The molecular weight excluding hydrogens is 188 g/mol. The van der Waals surface area contributed by atoms with Gasteiger partial charge >= 0.3 is 0 Å². The zero-order chi connectivity index (χ0) is 10.8. The van der Waals surface area contributed by atoms with E-state index < -0.39 is 0 Å². The van der Waals surface area contributed by atoms with Gasteiger partial charge < -0.3 is 9.84 Å². The summed E-state index contributed by atoms with van der Waals surface area (Å²) < 4.78 is 5.74. The van der Waals surface area contributed by atoms with E-state index >= 15 is 0 Å². The van der Waals surface area contributed by atoms with E-state index in [-0.39, 0.29) is 6.10 Å². The first-order valence-electron chi connectivity index (χ1n) is 5.72. The maximum Gasteiger partial charge on any atom is 0.126 e. The van der Waals surface area contributed by atoms with E-state index in [2.05, 4.69) is 19.9 Å². The Bertz CT molecular complexity index is 358. The summed E-state index contributed by atoms with van der Waals surface area (Å²) in [6.07, 6.45) is 4.28. The number of hydrogen-bond acceptors (Lipinski definition) is 2. The molecule has 0 radical (unpaired) electrons. The lowest BCUT2D eigenvalue weighted by molar-refractivity contribution is 0.190. The Hall–Kier alpha value is -1.18. The highest BCUT2D eigenvalue weighted by atomic mass is 16.5. The average Bonchev–Trinajstić information content (AvgIpc) is 2.17. The summed E-state index contributed by atoms with van der Waals surface area (Å²) in [5.74, 6) is 1.29. The summed E-state index contributed by atoms with van der Waals surface area (Å²) in [7, 11) is 0. The Morgan fingerprint density at radius 3 is 3.00 bits per heavy atom. The van der Waals surface area contributed by atoms with Crippen LogP contribution in [-0.4, -0.2) is 11.2 Å². The van der Waals surface area contributed by atoms with Crippen molar-refractivity contribution in [2.45, 2.75) is 45.6 Å². The van der Waals surface area contributed by atoms with Gasteiger partial charge in [0.1, 0.15) is 11.5 Å². The predicted octanol–water partition coefficient (Wildman–Crippen LogP) is 3.06. The number of hydrogen-bond donors (Lipinski definition) is 1. The SMILES string of the molecule is CCCc1cc(O)c2c(c1)O[C@@H](C)CC2. The Labute approximate surface area is 90.9 Å². The summed E-state index contributed by atoms with van der Waals surface area (Å²) >= 11 is 0. The van der Waals surface area contributed by atoms with Gasteiger partial charge in [-0.25, -0.2) is 0 Å². The molecule has 0 unspecified atom stereocenters. The molecule has 0 amide bonds. The standard InChI is InChI=1S/C13H18O2/c1-3-4-10-7-12(14)11-6-5-9(2)15-13(11)8-10/h7-9,14H,3-6H2,1-2H3/t9-/m0/s1. The molecule has 1 atom stereocenters. The van der Waals surface area contributed by atoms with Crippen molar-refractivity contribution in [2.75, 3.05) is 0 Å². The first-order valence-corrected chi connectivity index (χ1v) is 5.72. The van der Waals surface area contributed by atoms with Crippen LogP contribution in [0.4, 0.5) is 0 Å². The summed E-state index contributed by atoms with van der Waals surface area (Å²) in [5.41, 5.74) is 2.15. The van der Waals surface area contributed by atoms with Crippen molar-refractivity contribution in [3.63, 3.8) is 0 Å². The van der Waals surface area contributed by atoms with E-state index in [0.717, 1.165) is 37.0 Å². The first-order chi connectivity index (χ1) is 7.20. The molecule has 82 valence electrons. The Kier molecular flexibility index (Phi) is 2.85. The van der Waals surface area contributed by atoms with Gasteiger partial charge in [-0.1, -0.05) is 13.3 Å². The molecule has 0 aromatic heterocycles. The summed E-state index contributed by atoms with van der Waals surface area (Å²) in [6.45, 7) is 4.21. The monoisotopic (exact) mass is 206 g/mol. The minimum Gasteiger partial charge on any atom is -0.508 e. The van der Waals surface area contributed by atoms with Crippen LogP contribution >= 0.6 is 0 Å². The van der Waals surface area contributed by atoms with E-state index in [1.807, 2.05) is 6.07 Å². The van der Waals surface area contributed by atoms with Gasteiger partial charge in [0.05, 0.1) is 6.10 Å². The molecular formula is C13H18O2. The van der Waals surface area contributed by atoms with E-state index in [4.69, 9.17) is 4.74 Å². The number of benzene rings is 1. The third kappa shape index (κ3) is 2.09. The van der Waals surface area contributed by atoms with Crippen molar-refractivity contribution in [1.82, 2.24) is 0 Å². The van der Waals surface area contributed by atoms with Crippen LogP contribution in [0.15, 0.2) is 12.1 Å². The molecule has 1 N–H and O–H groups in total. The number of rotatable bonds is 2. The normalized spacial score (nSPS) is 19.5. The number of phenolic OH excluding ortho intramolecular Hbond substituents is 1. The molecule has 1 aliphatic rings. The molecule has 2 nitrogen and oxygen atoms in total. The zero-order valence-corrected chi connectivity index (χ0v) is 9.42. The minimum atomic E-state index is 0.272. The Balaban J connectivity index is 2.35. The molecule has 0 saturated carbocycles. The van der Waals surface area contributed by atoms with Gasteiger partial charge in [-0.05, 0) is 43.9 Å². The van der Waals surface area contributed by atoms with Crippen molar-refractivity contribution in [1.29, 1.82) is 0 Å². The predicted molar refractivity (Wildman–Crippen MR) is 60.5 cm³/mol. The molecule has 0 aliphatic carbocycles. The van der Waals surface area contributed by atoms with Gasteiger partial charge in [0.25, 0.3) is 0 Å². The highest BCUT2D eigenvalue weighted by Crippen LogP contribution is 2.35. The first kappa shape index (κ1) is 10.3. The lowest BCUT2D eigenvalue weighted by atomic mass is 9.98. The Morgan fingerprint density at radius 1 is 1.47 bits per heavy atom. The minimum absolute atomic E-state index is 0.272. The van der Waals surface area contributed by atoms with Crippen LogP contribution in [0.25, 0.3) is 0 Å². The van der Waals surface area contributed by atoms with Gasteiger partial charge in [0.15, 0.2) is 0 Å². The maximum atomic E-state index is 9.87. The fourth-order valence-electron chi connectivity index (χ4n) is 2.10. The molecule has 1 aliphatic heterocycles. The highest BCUT2D eigenvalue weighted by Gasteiger charge is 2.19. The van der Waals surface area contributed by atoms with Crippen LogP contribution in [-0.2, 0) is 12.8 Å². The summed E-state index contributed by atoms with van der Waals surface area (Å²) in [4.78, 5) is 0. The molecule has 2 heteroatoms. The van der Waals surface area contributed by atoms with Crippen molar-refractivity contribution in [3.8, 4) is 11.5 Å². The third-order valence-electron chi connectivity index (χ3n) is 2.91. The molecule has 15 heavy (non-hydrogen) atoms. The number of fused-ring (bicyclic) bond motifs is 1. The van der Waals surface area contributed by atoms with Crippen LogP contribution < -0.4 is 4.74 Å². The van der Waals surface area contributed by atoms with Gasteiger partial charge in [-0.15, -0.1) is 0 Å².